The van der Waals surface area contributed by atoms with E-state index in [0.717, 1.165) is 34.6 Å². The number of rotatable bonds is 7. The Bertz CT molecular complexity index is 1040. The molecule has 2 N–H and O–H groups in total. The van der Waals surface area contributed by atoms with Crippen molar-refractivity contribution in [2.45, 2.75) is 65.8 Å². The van der Waals surface area contributed by atoms with Gasteiger partial charge in [-0.2, -0.15) is 5.10 Å². The van der Waals surface area contributed by atoms with Crippen LogP contribution in [0.25, 0.3) is 5.69 Å². The van der Waals surface area contributed by atoms with Crippen LogP contribution < -0.4 is 5.32 Å². The molecular formula is C24H30ClN3O3. The highest BCUT2D eigenvalue weighted by atomic mass is 35.5. The van der Waals surface area contributed by atoms with Gasteiger partial charge in [0.2, 0.25) is 5.91 Å². The van der Waals surface area contributed by atoms with Crippen molar-refractivity contribution in [3.63, 3.8) is 0 Å². The normalized spacial score (nSPS) is 18.4. The second-order valence-corrected chi connectivity index (χ2v) is 9.65. The van der Waals surface area contributed by atoms with Crippen LogP contribution in [0.3, 0.4) is 0 Å². The van der Waals surface area contributed by atoms with Crippen molar-refractivity contribution in [3.8, 4) is 5.69 Å². The van der Waals surface area contributed by atoms with E-state index in [0.29, 0.717) is 5.02 Å². The van der Waals surface area contributed by atoms with Crippen LogP contribution in [0.2, 0.25) is 5.02 Å². The summed E-state index contributed by atoms with van der Waals surface area (Å²) in [6.07, 6.45) is 5.04. The maximum absolute atomic E-state index is 12.5. The third-order valence-corrected chi connectivity index (χ3v) is 6.22. The molecule has 6 nitrogen and oxygen atoms in total. The fourth-order valence-electron chi connectivity index (χ4n) is 4.34. The van der Waals surface area contributed by atoms with Gasteiger partial charge in [-0.1, -0.05) is 43.7 Å². The summed E-state index contributed by atoms with van der Waals surface area (Å²) in [5.41, 5.74) is 4.54. The average molecular weight is 444 g/mol. The number of nitrogens with one attached hydrogen (secondary N) is 1. The van der Waals surface area contributed by atoms with Crippen molar-refractivity contribution < 1.29 is 14.7 Å². The van der Waals surface area contributed by atoms with Gasteiger partial charge in [-0.15, -0.1) is 0 Å². The molecule has 3 rings (SSSR count). The van der Waals surface area contributed by atoms with Crippen molar-refractivity contribution in [2.75, 3.05) is 0 Å². The Hall–Kier alpha value is -2.60. The van der Waals surface area contributed by atoms with E-state index in [1.54, 1.807) is 13.8 Å². The summed E-state index contributed by atoms with van der Waals surface area (Å²) < 4.78 is 1.92. The largest absolute Gasteiger partial charge is 0.481 e. The number of carbonyl (C=O) groups is 2. The van der Waals surface area contributed by atoms with Gasteiger partial charge < -0.3 is 10.4 Å². The summed E-state index contributed by atoms with van der Waals surface area (Å²) in [6.45, 7) is 9.62. The summed E-state index contributed by atoms with van der Waals surface area (Å²) in [6, 6.07) is 5.85. The molecule has 0 fully saturated rings. The maximum atomic E-state index is 12.5. The molecule has 0 unspecified atom stereocenters. The standard InChI is InChI=1S/C24H30ClN3O3/c1-14-6-9-19(11-20(14)25)28-16(3)23(15(2)27-28)17-7-8-18(10-17)26-21(29)12-24(4,5)13-22(30)31/h6-9,11,17-18H,10,12-13H2,1-5H3,(H,26,29)(H,30,31)/t17-,18+/m0/s1. The number of benzene rings is 1. The minimum absolute atomic E-state index is 0.0375. The number of aromatic nitrogens is 2. The summed E-state index contributed by atoms with van der Waals surface area (Å²) in [4.78, 5) is 23.4. The zero-order valence-corrected chi connectivity index (χ0v) is 19.5. The van der Waals surface area contributed by atoms with E-state index in [-0.39, 0.29) is 30.7 Å². The number of aliphatic carboxylic acids is 1. The van der Waals surface area contributed by atoms with Crippen LogP contribution in [0.5, 0.6) is 0 Å². The lowest BCUT2D eigenvalue weighted by atomic mass is 9.85. The predicted octanol–water partition coefficient (Wildman–Crippen LogP) is 4.87. The molecule has 1 aromatic heterocycles. The molecule has 0 saturated heterocycles. The summed E-state index contributed by atoms with van der Waals surface area (Å²) in [7, 11) is 0. The zero-order valence-electron chi connectivity index (χ0n) is 18.7. The number of hydrogen-bond acceptors (Lipinski definition) is 3. The molecule has 0 aliphatic heterocycles. The van der Waals surface area contributed by atoms with Crippen molar-refractivity contribution in [1.82, 2.24) is 15.1 Å². The van der Waals surface area contributed by atoms with Crippen LogP contribution >= 0.6 is 11.6 Å². The summed E-state index contributed by atoms with van der Waals surface area (Å²) in [5.74, 6) is -0.858. The fourth-order valence-corrected chi connectivity index (χ4v) is 4.52. The van der Waals surface area contributed by atoms with E-state index < -0.39 is 11.4 Å². The van der Waals surface area contributed by atoms with Gasteiger partial charge in [-0.25, -0.2) is 4.68 Å². The number of hydrogen-bond donors (Lipinski definition) is 2. The molecule has 1 aromatic carbocycles. The Kier molecular flexibility index (Phi) is 6.60. The first-order valence-corrected chi connectivity index (χ1v) is 10.9. The monoisotopic (exact) mass is 443 g/mol. The highest BCUT2D eigenvalue weighted by molar-refractivity contribution is 6.31. The Labute approximate surface area is 188 Å². The molecule has 1 aliphatic rings. The Balaban J connectivity index is 1.70. The van der Waals surface area contributed by atoms with Crippen LogP contribution in [-0.4, -0.2) is 32.8 Å². The van der Waals surface area contributed by atoms with Gasteiger partial charge in [0.05, 0.1) is 17.8 Å². The van der Waals surface area contributed by atoms with Crippen LogP contribution in [0.15, 0.2) is 30.4 Å². The summed E-state index contributed by atoms with van der Waals surface area (Å²) >= 11 is 6.31. The quantitative estimate of drug-likeness (QED) is 0.598. The Morgan fingerprint density at radius 3 is 2.58 bits per heavy atom. The second-order valence-electron chi connectivity index (χ2n) is 9.24. The van der Waals surface area contributed by atoms with Crippen molar-refractivity contribution >= 4 is 23.5 Å². The lowest BCUT2D eigenvalue weighted by Crippen LogP contribution is -2.36. The lowest BCUT2D eigenvalue weighted by Gasteiger charge is -2.23. The molecular weight excluding hydrogens is 414 g/mol. The minimum Gasteiger partial charge on any atom is -0.481 e. The molecule has 31 heavy (non-hydrogen) atoms. The van der Waals surface area contributed by atoms with E-state index in [2.05, 4.69) is 18.3 Å². The topological polar surface area (TPSA) is 84.2 Å². The Morgan fingerprint density at radius 1 is 1.23 bits per heavy atom. The van der Waals surface area contributed by atoms with E-state index in [9.17, 15) is 9.59 Å². The number of carbonyl (C=O) groups excluding carboxylic acids is 1. The van der Waals surface area contributed by atoms with Gasteiger partial charge in [0.15, 0.2) is 0 Å². The van der Waals surface area contributed by atoms with Crippen LogP contribution in [0.1, 0.15) is 61.5 Å². The maximum Gasteiger partial charge on any atom is 0.303 e. The first-order valence-electron chi connectivity index (χ1n) is 10.5. The van der Waals surface area contributed by atoms with E-state index in [1.807, 2.05) is 42.8 Å². The third kappa shape index (κ3) is 5.37. The average Bonchev–Trinajstić information content (AvgIpc) is 3.19. The van der Waals surface area contributed by atoms with Gasteiger partial charge in [0, 0.05) is 34.7 Å². The lowest BCUT2D eigenvalue weighted by molar-refractivity contribution is -0.139. The van der Waals surface area contributed by atoms with Crippen molar-refractivity contribution in [1.29, 1.82) is 0 Å². The molecule has 0 saturated carbocycles. The third-order valence-electron chi connectivity index (χ3n) is 5.82. The Morgan fingerprint density at radius 2 is 1.94 bits per heavy atom. The molecule has 7 heteroatoms. The van der Waals surface area contributed by atoms with Gasteiger partial charge in [0.25, 0.3) is 0 Å². The van der Waals surface area contributed by atoms with Gasteiger partial charge in [-0.05, 0) is 50.3 Å². The number of aryl methyl sites for hydroxylation is 2. The number of carboxylic acids is 1. The van der Waals surface area contributed by atoms with Gasteiger partial charge in [-0.3, -0.25) is 9.59 Å². The molecule has 2 aromatic rings. The van der Waals surface area contributed by atoms with E-state index in [4.69, 9.17) is 21.8 Å². The molecule has 0 radical (unpaired) electrons. The highest BCUT2D eigenvalue weighted by Gasteiger charge is 2.29. The second kappa shape index (κ2) is 8.87. The molecule has 2 atom stereocenters. The smallest absolute Gasteiger partial charge is 0.303 e. The number of halogens is 1. The van der Waals surface area contributed by atoms with Crippen molar-refractivity contribution in [2.24, 2.45) is 5.41 Å². The SMILES string of the molecule is Cc1ccc(-n2nc(C)c([C@H]3C=C[C@@H](NC(=O)CC(C)(C)CC(=O)O)C3)c2C)cc1Cl. The fraction of sp³-hybridized carbons (Fsp3) is 0.458. The van der Waals surface area contributed by atoms with Crippen LogP contribution in [0.4, 0.5) is 0 Å². The van der Waals surface area contributed by atoms with Gasteiger partial charge >= 0.3 is 5.97 Å². The predicted molar refractivity (Wildman–Crippen MR) is 122 cm³/mol. The number of amides is 1. The van der Waals surface area contributed by atoms with Gasteiger partial charge in [0.1, 0.15) is 0 Å². The molecule has 166 valence electrons. The number of allylic oxidation sites excluding steroid dienone is 1. The molecule has 1 aliphatic carbocycles. The molecule has 0 spiro atoms. The summed E-state index contributed by atoms with van der Waals surface area (Å²) in [5, 5.41) is 17.5. The van der Waals surface area contributed by atoms with E-state index >= 15 is 0 Å². The number of nitrogens with zero attached hydrogens (tertiary/aromatic N) is 2. The van der Waals surface area contributed by atoms with Crippen LogP contribution in [-0.2, 0) is 9.59 Å². The zero-order chi connectivity index (χ0) is 22.9. The first kappa shape index (κ1) is 23.1. The molecule has 0 bridgehead atoms. The molecule has 1 heterocycles. The van der Waals surface area contributed by atoms with Crippen molar-refractivity contribution in [3.05, 3.63) is 57.9 Å². The highest BCUT2D eigenvalue weighted by Crippen LogP contribution is 2.34. The van der Waals surface area contributed by atoms with Crippen LogP contribution in [0, 0.1) is 26.2 Å². The van der Waals surface area contributed by atoms with E-state index in [1.165, 1.54) is 0 Å². The first-order chi connectivity index (χ1) is 14.5. The number of carboxylic acid groups (broad SMARTS) is 1. The minimum atomic E-state index is -0.892. The molecule has 1 amide bonds.